The predicted molar refractivity (Wildman–Crippen MR) is 204 cm³/mol. The Balaban J connectivity index is 1.46. The molecule has 55 heavy (non-hydrogen) atoms. The third-order valence-corrected chi connectivity index (χ3v) is 9.85. The van der Waals surface area contributed by atoms with Gasteiger partial charge in [0.25, 0.3) is 0 Å². The Hall–Kier alpha value is -4.36. The molecule has 288 valence electrons. The van der Waals surface area contributed by atoms with Crippen LogP contribution >= 0.6 is 15.9 Å². The van der Waals surface area contributed by atoms with Crippen molar-refractivity contribution in [1.29, 1.82) is 0 Å². The smallest absolute Gasteiger partial charge is 0.416 e. The lowest BCUT2D eigenvalue weighted by Gasteiger charge is -2.48. The summed E-state index contributed by atoms with van der Waals surface area (Å²) < 4.78 is 82.9. The van der Waals surface area contributed by atoms with Gasteiger partial charge in [0.05, 0.1) is 45.7 Å². The number of hydrogen-bond donors (Lipinski definition) is 0. The highest BCUT2D eigenvalue weighted by Crippen LogP contribution is 2.43. The number of alkyl halides is 3. The summed E-state index contributed by atoms with van der Waals surface area (Å²) in [5.41, 5.74) is 2.11. The Morgan fingerprint density at radius 1 is 0.655 bits per heavy atom. The Morgan fingerprint density at radius 2 is 1.11 bits per heavy atom. The minimum Gasteiger partial charge on any atom is -0.468 e. The van der Waals surface area contributed by atoms with Crippen molar-refractivity contribution < 1.29 is 46.4 Å². The molecule has 5 aromatic rings. The minimum absolute atomic E-state index is 0.0392. The summed E-state index contributed by atoms with van der Waals surface area (Å²) in [6.45, 7) is 0.503. The molecule has 0 bridgehead atoms. The predicted octanol–water partition coefficient (Wildman–Crippen LogP) is 9.46. The van der Waals surface area contributed by atoms with Crippen LogP contribution in [0.25, 0.3) is 0 Å². The number of carbonyl (C=O) groups excluding carboxylic acids is 1. The molecule has 0 saturated carbocycles. The molecule has 11 heteroatoms. The van der Waals surface area contributed by atoms with Crippen LogP contribution in [0.2, 0.25) is 0 Å². The van der Waals surface area contributed by atoms with Crippen molar-refractivity contribution in [3.8, 4) is 0 Å². The first-order valence-corrected chi connectivity index (χ1v) is 18.7. The van der Waals surface area contributed by atoms with Gasteiger partial charge >= 0.3 is 12.1 Å². The molecule has 0 N–H and O–H groups in total. The molecule has 1 fully saturated rings. The van der Waals surface area contributed by atoms with E-state index >= 15 is 0 Å². The van der Waals surface area contributed by atoms with Gasteiger partial charge in [0, 0.05) is 4.47 Å². The zero-order valence-corrected chi connectivity index (χ0v) is 31.7. The van der Waals surface area contributed by atoms with Gasteiger partial charge in [-0.3, -0.25) is 4.79 Å². The first-order chi connectivity index (χ1) is 26.7. The van der Waals surface area contributed by atoms with E-state index in [1.165, 1.54) is 12.1 Å². The van der Waals surface area contributed by atoms with Crippen molar-refractivity contribution in [2.75, 3.05) is 13.7 Å². The van der Waals surface area contributed by atoms with Crippen molar-refractivity contribution in [3.63, 3.8) is 0 Å². The Labute approximate surface area is 327 Å². The highest BCUT2D eigenvalue weighted by molar-refractivity contribution is 9.10. The number of esters is 1. The number of methoxy groups -OCH3 is 1. The molecule has 0 aliphatic carbocycles. The van der Waals surface area contributed by atoms with Gasteiger partial charge in [-0.2, -0.15) is 13.2 Å². The zero-order chi connectivity index (χ0) is 38.6. The summed E-state index contributed by atoms with van der Waals surface area (Å²) in [5, 5.41) is 0. The van der Waals surface area contributed by atoms with Gasteiger partial charge in [-0.1, -0.05) is 143 Å². The SMILES string of the molecule is COC(=O)[C@@H](c1ccc(Br)cc1C(F)(F)F)[C@H]1O[C@H](COCc2ccccc2)[C@@H](OCc2ccccc2)[C@@H](OCc2ccccc2)[C@H]1OCc1ccccc1. The number of carbonyl (C=O) groups is 1. The van der Waals surface area contributed by atoms with Crippen LogP contribution in [-0.2, 0) is 65.8 Å². The normalized spacial score (nSPS) is 20.5. The highest BCUT2D eigenvalue weighted by Gasteiger charge is 2.54. The second-order valence-corrected chi connectivity index (χ2v) is 14.1. The number of hydrogen-bond acceptors (Lipinski definition) is 7. The van der Waals surface area contributed by atoms with Crippen LogP contribution in [0.5, 0.6) is 0 Å². The molecule has 1 heterocycles. The van der Waals surface area contributed by atoms with Crippen molar-refractivity contribution in [1.82, 2.24) is 0 Å². The van der Waals surface area contributed by atoms with E-state index in [-0.39, 0.29) is 43.1 Å². The maximum absolute atomic E-state index is 14.8. The topological polar surface area (TPSA) is 72.5 Å². The first-order valence-electron chi connectivity index (χ1n) is 17.9. The average Bonchev–Trinajstić information content (AvgIpc) is 3.20. The van der Waals surface area contributed by atoms with Gasteiger partial charge in [0.15, 0.2) is 0 Å². The Kier molecular flexibility index (Phi) is 14.3. The molecular weight excluding hydrogens is 777 g/mol. The maximum atomic E-state index is 14.8. The average molecular weight is 820 g/mol. The van der Waals surface area contributed by atoms with Crippen molar-refractivity contribution in [3.05, 3.63) is 177 Å². The molecule has 0 aromatic heterocycles. The van der Waals surface area contributed by atoms with E-state index in [1.807, 2.05) is 121 Å². The number of ether oxygens (including phenoxy) is 6. The molecule has 0 unspecified atom stereocenters. The summed E-state index contributed by atoms with van der Waals surface area (Å²) in [4.78, 5) is 13.9. The highest BCUT2D eigenvalue weighted by atomic mass is 79.9. The van der Waals surface area contributed by atoms with Crippen molar-refractivity contribution in [2.45, 2.75) is 69.0 Å². The molecule has 0 spiro atoms. The third kappa shape index (κ3) is 10.9. The van der Waals surface area contributed by atoms with Gasteiger partial charge < -0.3 is 28.4 Å². The van der Waals surface area contributed by atoms with Crippen LogP contribution in [0, 0.1) is 0 Å². The van der Waals surface area contributed by atoms with Crippen molar-refractivity contribution >= 4 is 21.9 Å². The van der Waals surface area contributed by atoms with Gasteiger partial charge in [-0.25, -0.2) is 0 Å². The zero-order valence-electron chi connectivity index (χ0n) is 30.1. The maximum Gasteiger partial charge on any atom is 0.416 e. The van der Waals surface area contributed by atoms with E-state index in [2.05, 4.69) is 15.9 Å². The van der Waals surface area contributed by atoms with E-state index in [0.717, 1.165) is 35.4 Å². The molecule has 1 aliphatic rings. The second kappa shape index (κ2) is 19.5. The van der Waals surface area contributed by atoms with Gasteiger partial charge in [-0.15, -0.1) is 0 Å². The lowest BCUT2D eigenvalue weighted by atomic mass is 9.81. The molecule has 5 aromatic carbocycles. The summed E-state index contributed by atoms with van der Waals surface area (Å²) in [5.74, 6) is -2.52. The first kappa shape index (κ1) is 40.3. The lowest BCUT2D eigenvalue weighted by molar-refractivity contribution is -0.276. The summed E-state index contributed by atoms with van der Waals surface area (Å²) in [6.07, 6.45) is -10.0. The van der Waals surface area contributed by atoms with Gasteiger partial charge in [0.2, 0.25) is 0 Å². The van der Waals surface area contributed by atoms with E-state index < -0.39 is 54.1 Å². The van der Waals surface area contributed by atoms with E-state index in [0.29, 0.717) is 0 Å². The molecule has 7 nitrogen and oxygen atoms in total. The standard InChI is InChI=1S/C44H42BrF3O7/c1-50-43(49)38(35-23-22-34(45)24-36(35)44(46,47)48)40-42(54-28-33-20-12-5-13-21-33)41(53-27-32-18-10-4-11-19-32)39(52-26-31-16-8-3-9-17-31)37(55-40)29-51-25-30-14-6-2-7-15-30/h2-24,37-42H,25-29H2,1H3/t37-,38+,39-,40-,41-,42+/m1/s1. The van der Waals surface area contributed by atoms with Crippen LogP contribution in [0.1, 0.15) is 39.3 Å². The van der Waals surface area contributed by atoms with Crippen LogP contribution < -0.4 is 0 Å². The second-order valence-electron chi connectivity index (χ2n) is 13.2. The minimum atomic E-state index is -4.82. The monoisotopic (exact) mass is 818 g/mol. The molecule has 1 aliphatic heterocycles. The van der Waals surface area contributed by atoms with Gasteiger partial charge in [-0.05, 0) is 39.9 Å². The molecular formula is C44H42BrF3O7. The number of halogens is 4. The largest absolute Gasteiger partial charge is 0.468 e. The summed E-state index contributed by atoms with van der Waals surface area (Å²) >= 11 is 3.18. The van der Waals surface area contributed by atoms with Crippen LogP contribution in [0.4, 0.5) is 13.2 Å². The fraction of sp³-hybridized carbons (Fsp3) is 0.295. The Bertz CT molecular complexity index is 1920. The van der Waals surface area contributed by atoms with Crippen LogP contribution in [0.15, 0.2) is 144 Å². The van der Waals surface area contributed by atoms with Gasteiger partial charge in [0.1, 0.15) is 36.4 Å². The molecule has 0 radical (unpaired) electrons. The summed E-state index contributed by atoms with van der Waals surface area (Å²) in [6, 6.07) is 41.6. The fourth-order valence-corrected chi connectivity index (χ4v) is 7.06. The van der Waals surface area contributed by atoms with Crippen LogP contribution in [-0.4, -0.2) is 50.2 Å². The van der Waals surface area contributed by atoms with Crippen LogP contribution in [0.3, 0.4) is 0 Å². The number of benzene rings is 5. The van der Waals surface area contributed by atoms with Crippen molar-refractivity contribution in [2.24, 2.45) is 0 Å². The quantitative estimate of drug-likeness (QED) is 0.0920. The molecule has 6 atom stereocenters. The Morgan fingerprint density at radius 3 is 1.58 bits per heavy atom. The molecule has 6 rings (SSSR count). The molecule has 0 amide bonds. The molecule has 1 saturated heterocycles. The lowest BCUT2D eigenvalue weighted by Crippen LogP contribution is -2.63. The van der Waals surface area contributed by atoms with E-state index in [9.17, 15) is 18.0 Å². The van der Waals surface area contributed by atoms with E-state index in [1.54, 1.807) is 0 Å². The third-order valence-electron chi connectivity index (χ3n) is 9.36. The number of rotatable bonds is 16. The summed E-state index contributed by atoms with van der Waals surface area (Å²) in [7, 11) is 1.14. The fourth-order valence-electron chi connectivity index (χ4n) is 6.70. The van der Waals surface area contributed by atoms with E-state index in [4.69, 9.17) is 28.4 Å².